The van der Waals surface area contributed by atoms with Crippen molar-refractivity contribution in [3.63, 3.8) is 0 Å². The lowest BCUT2D eigenvalue weighted by atomic mass is 9.76. The summed E-state index contributed by atoms with van der Waals surface area (Å²) in [4.78, 5) is 12.3. The summed E-state index contributed by atoms with van der Waals surface area (Å²) in [6.45, 7) is 4.30. The van der Waals surface area contributed by atoms with E-state index in [0.29, 0.717) is 11.7 Å². The van der Waals surface area contributed by atoms with Crippen LogP contribution in [0.4, 0.5) is 0 Å². The highest BCUT2D eigenvalue weighted by atomic mass is 16.5. The molecule has 1 N–H and O–H groups in total. The number of methoxy groups -OCH3 is 1. The maximum Gasteiger partial charge on any atom is 0.246 e. The van der Waals surface area contributed by atoms with Gasteiger partial charge in [0, 0.05) is 7.11 Å². The molecule has 3 rings (SSSR count). The zero-order valence-corrected chi connectivity index (χ0v) is 15.0. The summed E-state index contributed by atoms with van der Waals surface area (Å²) in [5.74, 6) is 1.18. The zero-order valence-electron chi connectivity index (χ0n) is 15.0. The first-order chi connectivity index (χ1) is 12.1. The van der Waals surface area contributed by atoms with Crippen molar-refractivity contribution in [2.45, 2.75) is 45.1 Å². The van der Waals surface area contributed by atoms with Crippen LogP contribution in [0.15, 0.2) is 24.3 Å². The van der Waals surface area contributed by atoms with Gasteiger partial charge in [-0.15, -0.1) is 5.10 Å². The van der Waals surface area contributed by atoms with Crippen LogP contribution in [0.3, 0.4) is 0 Å². The highest BCUT2D eigenvalue weighted by Crippen LogP contribution is 2.39. The molecule has 0 unspecified atom stereocenters. The Bertz CT molecular complexity index is 735. The number of ether oxygens (including phenoxy) is 1. The van der Waals surface area contributed by atoms with Gasteiger partial charge in [0.1, 0.15) is 12.1 Å². The van der Waals surface area contributed by atoms with Crippen LogP contribution in [0.2, 0.25) is 0 Å². The summed E-state index contributed by atoms with van der Waals surface area (Å²) in [5, 5.41) is 15.6. The number of aryl methyl sites for hydroxylation is 1. The first-order valence-corrected chi connectivity index (χ1v) is 8.70. The second-order valence-corrected chi connectivity index (χ2v) is 6.95. The van der Waals surface area contributed by atoms with E-state index in [1.807, 2.05) is 31.2 Å². The molecule has 1 amide bonds. The highest BCUT2D eigenvalue weighted by Gasteiger charge is 2.42. The van der Waals surface area contributed by atoms with E-state index >= 15 is 0 Å². The summed E-state index contributed by atoms with van der Waals surface area (Å²) in [7, 11) is 1.52. The Morgan fingerprint density at radius 3 is 2.76 bits per heavy atom. The van der Waals surface area contributed by atoms with Crippen molar-refractivity contribution in [1.29, 1.82) is 0 Å². The number of amides is 1. The number of hydrogen-bond acceptors (Lipinski definition) is 5. The molecule has 0 atom stereocenters. The second-order valence-electron chi connectivity index (χ2n) is 6.95. The topological polar surface area (TPSA) is 81.9 Å². The predicted octanol–water partition coefficient (Wildman–Crippen LogP) is 2.14. The van der Waals surface area contributed by atoms with E-state index in [9.17, 15) is 4.79 Å². The van der Waals surface area contributed by atoms with Gasteiger partial charge in [0.2, 0.25) is 5.91 Å². The average molecular weight is 343 g/mol. The van der Waals surface area contributed by atoms with E-state index in [1.165, 1.54) is 7.11 Å². The molecule has 1 fully saturated rings. The minimum absolute atomic E-state index is 0.0310. The second kappa shape index (κ2) is 7.31. The van der Waals surface area contributed by atoms with E-state index < -0.39 is 5.54 Å². The minimum Gasteiger partial charge on any atom is -0.375 e. The number of nitrogens with one attached hydrogen (secondary N) is 1. The van der Waals surface area contributed by atoms with Gasteiger partial charge in [-0.3, -0.25) is 4.79 Å². The van der Waals surface area contributed by atoms with Crippen LogP contribution in [0.5, 0.6) is 0 Å². The maximum absolute atomic E-state index is 12.3. The van der Waals surface area contributed by atoms with Crippen LogP contribution in [-0.2, 0) is 15.1 Å². The van der Waals surface area contributed by atoms with E-state index in [1.54, 1.807) is 4.68 Å². The third-order valence-electron chi connectivity index (χ3n) is 5.02. The Morgan fingerprint density at radius 2 is 2.08 bits per heavy atom. The normalized spacial score (nSPS) is 23.4. The monoisotopic (exact) mass is 343 g/mol. The van der Waals surface area contributed by atoms with Crippen LogP contribution < -0.4 is 5.32 Å². The number of benzene rings is 1. The molecule has 1 aromatic heterocycles. The third-order valence-corrected chi connectivity index (χ3v) is 5.02. The van der Waals surface area contributed by atoms with Crippen molar-refractivity contribution in [3.8, 4) is 5.69 Å². The van der Waals surface area contributed by atoms with E-state index in [-0.39, 0.29) is 12.5 Å². The molecular weight excluding hydrogens is 318 g/mol. The van der Waals surface area contributed by atoms with E-state index in [0.717, 1.165) is 36.9 Å². The van der Waals surface area contributed by atoms with Gasteiger partial charge in [-0.2, -0.15) is 4.68 Å². The Hall–Kier alpha value is -2.28. The van der Waals surface area contributed by atoms with Crippen LogP contribution in [0.25, 0.3) is 5.69 Å². The molecule has 25 heavy (non-hydrogen) atoms. The van der Waals surface area contributed by atoms with Crippen molar-refractivity contribution in [1.82, 2.24) is 25.5 Å². The predicted molar refractivity (Wildman–Crippen MR) is 93.2 cm³/mol. The zero-order chi connectivity index (χ0) is 17.9. The quantitative estimate of drug-likeness (QED) is 0.899. The van der Waals surface area contributed by atoms with Crippen LogP contribution >= 0.6 is 0 Å². The van der Waals surface area contributed by atoms with Gasteiger partial charge in [0.25, 0.3) is 0 Å². The molecule has 1 aliphatic carbocycles. The van der Waals surface area contributed by atoms with E-state index in [4.69, 9.17) is 4.74 Å². The fraction of sp³-hybridized carbons (Fsp3) is 0.556. The lowest BCUT2D eigenvalue weighted by Gasteiger charge is -2.38. The largest absolute Gasteiger partial charge is 0.375 e. The Morgan fingerprint density at radius 1 is 1.36 bits per heavy atom. The van der Waals surface area contributed by atoms with Gasteiger partial charge in [0.15, 0.2) is 5.82 Å². The van der Waals surface area contributed by atoms with Crippen LogP contribution in [0.1, 0.15) is 44.0 Å². The number of tetrazole rings is 1. The number of carbonyl (C=O) groups is 1. The van der Waals surface area contributed by atoms with Crippen molar-refractivity contribution in [2.24, 2.45) is 5.92 Å². The molecule has 1 aromatic carbocycles. The SMILES string of the molecule is COCC(=O)NC1(c2nnnn2-c2ccccc2C)CCC(C)CC1. The standard InChI is InChI=1S/C18H25N5O2/c1-13-8-10-18(11-9-13,19-16(24)12-25-3)17-20-21-22-23(17)15-7-5-4-6-14(15)2/h4-7,13H,8-12H2,1-3H3,(H,19,24). The first-order valence-electron chi connectivity index (χ1n) is 8.70. The summed E-state index contributed by atoms with van der Waals surface area (Å²) in [6.07, 6.45) is 3.67. The van der Waals surface area contributed by atoms with Crippen molar-refractivity contribution >= 4 is 5.91 Å². The van der Waals surface area contributed by atoms with Gasteiger partial charge in [0.05, 0.1) is 5.69 Å². The third kappa shape index (κ3) is 3.56. The summed E-state index contributed by atoms with van der Waals surface area (Å²) >= 11 is 0. The molecule has 0 bridgehead atoms. The lowest BCUT2D eigenvalue weighted by Crippen LogP contribution is -2.50. The Labute approximate surface area is 147 Å². The van der Waals surface area contributed by atoms with Crippen molar-refractivity contribution < 1.29 is 9.53 Å². The maximum atomic E-state index is 12.3. The number of rotatable bonds is 5. The molecule has 1 saturated carbocycles. The first kappa shape index (κ1) is 17.5. The number of para-hydroxylation sites is 1. The molecule has 0 spiro atoms. The molecule has 7 nitrogen and oxygen atoms in total. The fourth-order valence-electron chi connectivity index (χ4n) is 3.54. The highest BCUT2D eigenvalue weighted by molar-refractivity contribution is 5.78. The summed E-state index contributed by atoms with van der Waals surface area (Å²) in [5.41, 5.74) is 1.45. The average Bonchev–Trinajstić information content (AvgIpc) is 3.08. The molecule has 2 aromatic rings. The van der Waals surface area contributed by atoms with Crippen molar-refractivity contribution in [2.75, 3.05) is 13.7 Å². The number of nitrogens with zero attached hydrogens (tertiary/aromatic N) is 4. The molecule has 1 heterocycles. The smallest absolute Gasteiger partial charge is 0.246 e. The fourth-order valence-corrected chi connectivity index (χ4v) is 3.54. The van der Waals surface area contributed by atoms with Gasteiger partial charge in [-0.05, 0) is 60.6 Å². The van der Waals surface area contributed by atoms with Gasteiger partial charge in [-0.1, -0.05) is 25.1 Å². The number of aromatic nitrogens is 4. The summed E-state index contributed by atoms with van der Waals surface area (Å²) < 4.78 is 6.75. The minimum atomic E-state index is -0.562. The van der Waals surface area contributed by atoms with Gasteiger partial charge < -0.3 is 10.1 Å². The van der Waals surface area contributed by atoms with Crippen molar-refractivity contribution in [3.05, 3.63) is 35.7 Å². The summed E-state index contributed by atoms with van der Waals surface area (Å²) in [6, 6.07) is 7.97. The number of hydrogen-bond donors (Lipinski definition) is 1. The Balaban J connectivity index is 2.02. The molecule has 0 aliphatic heterocycles. The van der Waals surface area contributed by atoms with Gasteiger partial charge in [-0.25, -0.2) is 0 Å². The molecular formula is C18H25N5O2. The molecule has 1 aliphatic rings. The van der Waals surface area contributed by atoms with Gasteiger partial charge >= 0.3 is 0 Å². The molecule has 134 valence electrons. The van der Waals surface area contributed by atoms with E-state index in [2.05, 4.69) is 27.8 Å². The molecule has 7 heteroatoms. The lowest BCUT2D eigenvalue weighted by molar-refractivity contribution is -0.127. The number of carbonyl (C=O) groups excluding carboxylic acids is 1. The van der Waals surface area contributed by atoms with Crippen LogP contribution in [-0.4, -0.2) is 39.8 Å². The molecule has 0 radical (unpaired) electrons. The van der Waals surface area contributed by atoms with Crippen LogP contribution in [0, 0.1) is 12.8 Å². The molecule has 0 saturated heterocycles. The Kier molecular flexibility index (Phi) is 5.13.